The van der Waals surface area contributed by atoms with E-state index < -0.39 is 18.7 Å². The summed E-state index contributed by atoms with van der Waals surface area (Å²) in [7, 11) is 1.26. The highest BCUT2D eigenvalue weighted by Gasteiger charge is 2.31. The molecule has 1 aliphatic heterocycles. The van der Waals surface area contributed by atoms with Crippen molar-refractivity contribution in [2.45, 2.75) is 24.3 Å². The number of methoxy groups -OCH3 is 1. The minimum Gasteiger partial charge on any atom is -0.466 e. The van der Waals surface area contributed by atoms with Gasteiger partial charge < -0.3 is 14.2 Å². The summed E-state index contributed by atoms with van der Waals surface area (Å²) < 4.78 is 45.2. The molecule has 0 aliphatic carbocycles. The molecule has 0 unspecified atom stereocenters. The normalized spacial score (nSPS) is 15.7. The molecule has 0 bridgehead atoms. The Balaban J connectivity index is 1.66. The zero-order chi connectivity index (χ0) is 22.4. The first-order chi connectivity index (χ1) is 14.8. The maximum atomic E-state index is 13.2. The van der Waals surface area contributed by atoms with Gasteiger partial charge in [0.05, 0.1) is 35.9 Å². The molecular formula is C20H20F3N3O3S2. The van der Waals surface area contributed by atoms with Gasteiger partial charge in [-0.25, -0.2) is 9.78 Å². The molecule has 2 heterocycles. The van der Waals surface area contributed by atoms with Gasteiger partial charge in [-0.05, 0) is 12.0 Å². The first-order valence-electron chi connectivity index (χ1n) is 9.32. The van der Waals surface area contributed by atoms with Crippen LogP contribution in [0.5, 0.6) is 0 Å². The van der Waals surface area contributed by atoms with E-state index in [0.29, 0.717) is 35.0 Å². The number of carbonyl (C=O) groups excluding carboxylic acids is 2. The lowest BCUT2D eigenvalue weighted by atomic mass is 10.2. The summed E-state index contributed by atoms with van der Waals surface area (Å²) in [5.74, 6) is 0.0457. The Hall–Kier alpha value is -2.40. The van der Waals surface area contributed by atoms with Gasteiger partial charge in [-0.3, -0.25) is 4.79 Å². The number of hydrogen-bond acceptors (Lipinski definition) is 6. The summed E-state index contributed by atoms with van der Waals surface area (Å²) in [6.45, 7) is -0.778. The van der Waals surface area contributed by atoms with Crippen LogP contribution in [0.15, 0.2) is 52.8 Å². The van der Waals surface area contributed by atoms with Gasteiger partial charge in [0, 0.05) is 12.3 Å². The second kappa shape index (κ2) is 10.3. The lowest BCUT2D eigenvalue weighted by molar-refractivity contribution is -0.141. The van der Waals surface area contributed by atoms with Gasteiger partial charge in [0.2, 0.25) is 5.91 Å². The third-order valence-corrected chi connectivity index (χ3v) is 6.44. The van der Waals surface area contributed by atoms with Gasteiger partial charge in [-0.1, -0.05) is 53.9 Å². The third-order valence-electron chi connectivity index (χ3n) is 4.34. The highest BCUT2D eigenvalue weighted by molar-refractivity contribution is 8.04. The minimum atomic E-state index is -4.38. The number of ether oxygens (including phenoxy) is 1. The first kappa shape index (κ1) is 23.3. The maximum Gasteiger partial charge on any atom is 0.406 e. The van der Waals surface area contributed by atoms with E-state index in [4.69, 9.17) is 0 Å². The number of nitrogens with zero attached hydrogens (tertiary/aromatic N) is 3. The summed E-state index contributed by atoms with van der Waals surface area (Å²) in [6.07, 6.45) is -1.15. The van der Waals surface area contributed by atoms with Gasteiger partial charge in [0.25, 0.3) is 0 Å². The average Bonchev–Trinajstić information content (AvgIpc) is 3.28. The molecule has 0 spiro atoms. The van der Waals surface area contributed by atoms with E-state index in [0.717, 1.165) is 0 Å². The molecule has 1 aromatic carbocycles. The number of alkyl halides is 3. The SMILES string of the molecule is COC(=O)/C=C1/SCC(=O)N1CCCSc1ncc(-c2ccccc2)n1CC(F)(F)F. The molecule has 1 amide bonds. The molecule has 0 saturated carbocycles. The number of imidazole rings is 1. The lowest BCUT2D eigenvalue weighted by Gasteiger charge is -2.17. The van der Waals surface area contributed by atoms with Crippen LogP contribution in [-0.2, 0) is 20.9 Å². The van der Waals surface area contributed by atoms with Crippen molar-refractivity contribution in [3.05, 3.63) is 47.6 Å². The van der Waals surface area contributed by atoms with Gasteiger partial charge in [-0.15, -0.1) is 0 Å². The van der Waals surface area contributed by atoms with E-state index in [9.17, 15) is 22.8 Å². The van der Waals surface area contributed by atoms with Crippen molar-refractivity contribution in [1.82, 2.24) is 14.5 Å². The van der Waals surface area contributed by atoms with Crippen molar-refractivity contribution in [2.75, 3.05) is 25.2 Å². The van der Waals surface area contributed by atoms with Gasteiger partial charge in [0.1, 0.15) is 6.54 Å². The second-order valence-corrected chi connectivity index (χ2v) is 8.59. The largest absolute Gasteiger partial charge is 0.466 e. The van der Waals surface area contributed by atoms with Crippen molar-refractivity contribution < 1.29 is 27.5 Å². The molecule has 0 radical (unpaired) electrons. The Bertz CT molecular complexity index is 962. The van der Waals surface area contributed by atoms with Crippen LogP contribution in [0.3, 0.4) is 0 Å². The smallest absolute Gasteiger partial charge is 0.406 e. The van der Waals surface area contributed by atoms with Crippen LogP contribution in [-0.4, -0.2) is 57.7 Å². The average molecular weight is 472 g/mol. The first-order valence-corrected chi connectivity index (χ1v) is 11.3. The number of hydrogen-bond donors (Lipinski definition) is 0. The number of rotatable bonds is 8. The number of halogens is 3. The van der Waals surface area contributed by atoms with E-state index in [2.05, 4.69) is 9.72 Å². The summed E-state index contributed by atoms with van der Waals surface area (Å²) >= 11 is 2.46. The molecule has 0 N–H and O–H groups in total. The van der Waals surface area contributed by atoms with Gasteiger partial charge in [-0.2, -0.15) is 13.2 Å². The molecule has 1 aliphatic rings. The lowest BCUT2D eigenvalue weighted by Crippen LogP contribution is -2.26. The molecule has 1 fully saturated rings. The fraction of sp³-hybridized carbons (Fsp3) is 0.350. The molecule has 6 nitrogen and oxygen atoms in total. The van der Waals surface area contributed by atoms with Crippen LogP contribution in [0.4, 0.5) is 13.2 Å². The van der Waals surface area contributed by atoms with Crippen LogP contribution in [0.2, 0.25) is 0 Å². The Morgan fingerprint density at radius 2 is 2.06 bits per heavy atom. The quantitative estimate of drug-likeness (QED) is 0.249. The third kappa shape index (κ3) is 6.30. The Labute approximate surface area is 185 Å². The number of esters is 1. The van der Waals surface area contributed by atoms with E-state index in [1.165, 1.54) is 52.4 Å². The molecule has 166 valence electrons. The minimum absolute atomic E-state index is 0.116. The highest BCUT2D eigenvalue weighted by atomic mass is 32.2. The summed E-state index contributed by atoms with van der Waals surface area (Å²) in [4.78, 5) is 29.2. The van der Waals surface area contributed by atoms with E-state index in [1.807, 2.05) is 0 Å². The van der Waals surface area contributed by atoms with E-state index in [-0.39, 0.29) is 16.8 Å². The number of thioether (sulfide) groups is 2. The molecule has 1 aromatic heterocycles. The predicted molar refractivity (Wildman–Crippen MR) is 113 cm³/mol. The van der Waals surface area contributed by atoms with Crippen molar-refractivity contribution in [2.24, 2.45) is 0 Å². The Morgan fingerprint density at radius 3 is 2.74 bits per heavy atom. The number of benzene rings is 1. The number of carbonyl (C=O) groups is 2. The van der Waals surface area contributed by atoms with Crippen molar-refractivity contribution >= 4 is 35.4 Å². The molecule has 2 aromatic rings. The number of aromatic nitrogens is 2. The molecule has 0 atom stereocenters. The van der Waals surface area contributed by atoms with Crippen molar-refractivity contribution in [3.63, 3.8) is 0 Å². The molecule has 3 rings (SSSR count). The van der Waals surface area contributed by atoms with Crippen LogP contribution in [0.25, 0.3) is 11.3 Å². The Kier molecular flexibility index (Phi) is 7.71. The zero-order valence-electron chi connectivity index (χ0n) is 16.6. The van der Waals surface area contributed by atoms with Crippen molar-refractivity contribution in [1.29, 1.82) is 0 Å². The number of amides is 1. The predicted octanol–water partition coefficient (Wildman–Crippen LogP) is 4.18. The molecule has 11 heteroatoms. The molecule has 31 heavy (non-hydrogen) atoms. The topological polar surface area (TPSA) is 64.4 Å². The van der Waals surface area contributed by atoms with E-state index in [1.54, 1.807) is 30.3 Å². The fourth-order valence-corrected chi connectivity index (χ4v) is 4.82. The Morgan fingerprint density at radius 1 is 1.32 bits per heavy atom. The summed E-state index contributed by atoms with van der Waals surface area (Å²) in [5, 5.41) is 0.787. The van der Waals surface area contributed by atoms with Crippen LogP contribution >= 0.6 is 23.5 Å². The fourth-order valence-electron chi connectivity index (χ4n) is 2.96. The van der Waals surface area contributed by atoms with Gasteiger partial charge in [0.15, 0.2) is 5.16 Å². The summed E-state index contributed by atoms with van der Waals surface area (Å²) in [6, 6.07) is 8.80. The van der Waals surface area contributed by atoms with Crippen LogP contribution in [0.1, 0.15) is 6.42 Å². The van der Waals surface area contributed by atoms with Crippen molar-refractivity contribution in [3.8, 4) is 11.3 Å². The monoisotopic (exact) mass is 471 g/mol. The van der Waals surface area contributed by atoms with Crippen LogP contribution in [0, 0.1) is 0 Å². The maximum absolute atomic E-state index is 13.2. The van der Waals surface area contributed by atoms with Gasteiger partial charge >= 0.3 is 12.1 Å². The van der Waals surface area contributed by atoms with E-state index >= 15 is 0 Å². The standard InChI is InChI=1S/C20H20F3N3O3S2/c1-29-18(28)10-17-25(16(27)12-31-17)8-5-9-30-19-24-11-15(14-6-3-2-4-7-14)26(19)13-20(21,22)23/h2-4,6-7,10-11H,5,8-9,12-13H2,1H3/b17-10+. The summed E-state index contributed by atoms with van der Waals surface area (Å²) in [5.41, 5.74) is 1.05. The molecular weight excluding hydrogens is 451 g/mol. The zero-order valence-corrected chi connectivity index (χ0v) is 18.2. The second-order valence-electron chi connectivity index (χ2n) is 6.54. The highest BCUT2D eigenvalue weighted by Crippen LogP contribution is 2.32. The molecule has 1 saturated heterocycles. The van der Waals surface area contributed by atoms with Crippen LogP contribution < -0.4 is 0 Å².